The molecule has 0 aliphatic carbocycles. The van der Waals surface area contributed by atoms with E-state index in [1.165, 1.54) is 10.7 Å². The van der Waals surface area contributed by atoms with Gasteiger partial charge in [-0.1, -0.05) is 45.2 Å². The lowest BCUT2D eigenvalue weighted by molar-refractivity contribution is -0.133. The van der Waals surface area contributed by atoms with Crippen molar-refractivity contribution in [3.05, 3.63) is 92.5 Å². The second kappa shape index (κ2) is 9.89. The highest BCUT2D eigenvalue weighted by atomic mass is 79.9. The number of carbonyl (C=O) groups is 3. The number of halogens is 3. The van der Waals surface area contributed by atoms with Gasteiger partial charge in [0.05, 0.1) is 5.52 Å². The first-order chi connectivity index (χ1) is 16.2. The van der Waals surface area contributed by atoms with E-state index in [4.69, 9.17) is 23.2 Å². The Balaban J connectivity index is 1.63. The minimum atomic E-state index is -0.971. The topological polar surface area (TPSA) is 92.2 Å². The number of aromatic nitrogens is 1. The van der Waals surface area contributed by atoms with Crippen LogP contribution in [0.1, 0.15) is 16.1 Å². The highest BCUT2D eigenvalue weighted by molar-refractivity contribution is 9.10. The van der Waals surface area contributed by atoms with Crippen LogP contribution in [0.15, 0.2) is 71.2 Å². The Labute approximate surface area is 213 Å². The highest BCUT2D eigenvalue weighted by Gasteiger charge is 2.21. The standard InChI is InChI=1S/C24H17BrCl2N4O3/c1-13-9-18(6-7-19(13)25)28-22(32)21-11-14-10-16(27)5-8-20(14)31(21)30-24(34)23(33)29-17-4-2-3-15(26)12-17/h2-12H,1H3,(H,28,32)(H,29,33)(H,30,34). The van der Waals surface area contributed by atoms with Crippen LogP contribution in [-0.4, -0.2) is 22.4 Å². The van der Waals surface area contributed by atoms with E-state index in [0.717, 1.165) is 10.0 Å². The summed E-state index contributed by atoms with van der Waals surface area (Å²) >= 11 is 15.5. The van der Waals surface area contributed by atoms with E-state index < -0.39 is 17.7 Å². The van der Waals surface area contributed by atoms with E-state index in [1.54, 1.807) is 48.5 Å². The molecule has 4 aromatic rings. The number of aryl methyl sites for hydroxylation is 1. The first-order valence-electron chi connectivity index (χ1n) is 9.97. The van der Waals surface area contributed by atoms with Crippen LogP contribution in [-0.2, 0) is 9.59 Å². The van der Waals surface area contributed by atoms with Crippen LogP contribution in [0.4, 0.5) is 11.4 Å². The number of hydrogen-bond donors (Lipinski definition) is 3. The summed E-state index contributed by atoms with van der Waals surface area (Å²) < 4.78 is 2.17. The quantitative estimate of drug-likeness (QED) is 0.268. The van der Waals surface area contributed by atoms with Crippen LogP contribution in [0.5, 0.6) is 0 Å². The zero-order valence-electron chi connectivity index (χ0n) is 17.7. The minimum absolute atomic E-state index is 0.113. The molecule has 0 radical (unpaired) electrons. The number of anilines is 2. The van der Waals surface area contributed by atoms with E-state index >= 15 is 0 Å². The maximum atomic E-state index is 13.1. The van der Waals surface area contributed by atoms with Gasteiger partial charge in [0.15, 0.2) is 0 Å². The summed E-state index contributed by atoms with van der Waals surface area (Å²) in [5.74, 6) is -2.38. The zero-order chi connectivity index (χ0) is 24.4. The molecule has 0 bridgehead atoms. The molecule has 0 saturated heterocycles. The Morgan fingerprint density at radius 2 is 1.56 bits per heavy atom. The van der Waals surface area contributed by atoms with Crippen molar-refractivity contribution < 1.29 is 14.4 Å². The van der Waals surface area contributed by atoms with Crippen molar-refractivity contribution >= 4 is 79.1 Å². The lowest BCUT2D eigenvalue weighted by atomic mass is 10.2. The number of amides is 3. The molecule has 3 N–H and O–H groups in total. The van der Waals surface area contributed by atoms with Gasteiger partial charge in [0.1, 0.15) is 5.69 Å². The molecule has 7 nitrogen and oxygen atoms in total. The summed E-state index contributed by atoms with van der Waals surface area (Å²) in [6.45, 7) is 1.90. The van der Waals surface area contributed by atoms with Crippen LogP contribution in [0, 0.1) is 6.92 Å². The van der Waals surface area contributed by atoms with E-state index in [0.29, 0.717) is 32.3 Å². The van der Waals surface area contributed by atoms with Crippen molar-refractivity contribution in [1.29, 1.82) is 0 Å². The van der Waals surface area contributed by atoms with Crippen LogP contribution < -0.4 is 16.1 Å². The second-order valence-corrected chi connectivity index (χ2v) is 9.12. The summed E-state index contributed by atoms with van der Waals surface area (Å²) in [5, 5.41) is 6.77. The van der Waals surface area contributed by atoms with Gasteiger partial charge in [-0.05, 0) is 73.2 Å². The monoisotopic (exact) mass is 558 g/mol. The number of fused-ring (bicyclic) bond motifs is 1. The maximum Gasteiger partial charge on any atom is 0.328 e. The zero-order valence-corrected chi connectivity index (χ0v) is 20.8. The molecule has 0 aliphatic rings. The Morgan fingerprint density at radius 3 is 2.29 bits per heavy atom. The minimum Gasteiger partial charge on any atom is -0.321 e. The van der Waals surface area contributed by atoms with E-state index in [1.807, 2.05) is 19.1 Å². The fourth-order valence-electron chi connectivity index (χ4n) is 3.30. The van der Waals surface area contributed by atoms with Gasteiger partial charge in [-0.25, -0.2) is 4.68 Å². The molecule has 4 rings (SSSR count). The van der Waals surface area contributed by atoms with E-state index in [2.05, 4.69) is 32.0 Å². The van der Waals surface area contributed by atoms with E-state index in [-0.39, 0.29) is 5.69 Å². The third-order valence-corrected chi connectivity index (χ3v) is 6.27. The van der Waals surface area contributed by atoms with Gasteiger partial charge in [-0.3, -0.25) is 19.8 Å². The molecule has 172 valence electrons. The number of rotatable bonds is 4. The van der Waals surface area contributed by atoms with Crippen LogP contribution >= 0.6 is 39.1 Å². The van der Waals surface area contributed by atoms with Crippen molar-refractivity contribution in [2.24, 2.45) is 0 Å². The van der Waals surface area contributed by atoms with Gasteiger partial charge >= 0.3 is 11.8 Å². The average Bonchev–Trinajstić information content (AvgIpc) is 3.13. The molecule has 0 saturated carbocycles. The molecule has 0 atom stereocenters. The van der Waals surface area contributed by atoms with Crippen LogP contribution in [0.25, 0.3) is 10.9 Å². The summed E-state index contributed by atoms with van der Waals surface area (Å²) in [5.41, 5.74) is 4.98. The SMILES string of the molecule is Cc1cc(NC(=O)c2cc3cc(Cl)ccc3n2NC(=O)C(=O)Nc2cccc(Cl)c2)ccc1Br. The van der Waals surface area contributed by atoms with Gasteiger partial charge in [-0.15, -0.1) is 0 Å². The van der Waals surface area contributed by atoms with Crippen molar-refractivity contribution in [3.63, 3.8) is 0 Å². The summed E-state index contributed by atoms with van der Waals surface area (Å²) in [6, 6.07) is 18.3. The van der Waals surface area contributed by atoms with Crippen LogP contribution in [0.2, 0.25) is 10.0 Å². The van der Waals surface area contributed by atoms with Gasteiger partial charge < -0.3 is 10.6 Å². The molecule has 0 fully saturated rings. The first kappa shape index (κ1) is 23.8. The Kier molecular flexibility index (Phi) is 6.92. The van der Waals surface area contributed by atoms with Gasteiger partial charge in [0, 0.05) is 31.3 Å². The molecule has 0 aliphatic heterocycles. The lowest BCUT2D eigenvalue weighted by Gasteiger charge is -2.13. The largest absolute Gasteiger partial charge is 0.328 e. The molecule has 3 amide bonds. The summed E-state index contributed by atoms with van der Waals surface area (Å²) in [7, 11) is 0. The summed E-state index contributed by atoms with van der Waals surface area (Å²) in [4.78, 5) is 38.3. The number of hydrogen-bond acceptors (Lipinski definition) is 3. The molecule has 0 spiro atoms. The van der Waals surface area contributed by atoms with Crippen LogP contribution in [0.3, 0.4) is 0 Å². The maximum absolute atomic E-state index is 13.1. The molecule has 1 heterocycles. The molecule has 0 unspecified atom stereocenters. The molecule has 34 heavy (non-hydrogen) atoms. The number of benzene rings is 3. The molecule has 10 heteroatoms. The van der Waals surface area contributed by atoms with Gasteiger partial charge in [0.2, 0.25) is 0 Å². The molecule has 1 aromatic heterocycles. The Bertz CT molecular complexity index is 1450. The first-order valence-corrected chi connectivity index (χ1v) is 11.5. The normalized spacial score (nSPS) is 10.7. The Hall–Kier alpha value is -3.33. The van der Waals surface area contributed by atoms with Gasteiger partial charge in [-0.2, -0.15) is 0 Å². The fraction of sp³-hybridized carbons (Fsp3) is 0.0417. The van der Waals surface area contributed by atoms with E-state index in [9.17, 15) is 14.4 Å². The Morgan fingerprint density at radius 1 is 0.824 bits per heavy atom. The summed E-state index contributed by atoms with van der Waals surface area (Å²) in [6.07, 6.45) is 0. The number of nitrogens with zero attached hydrogens (tertiary/aromatic N) is 1. The number of carbonyl (C=O) groups excluding carboxylic acids is 3. The molecule has 3 aromatic carbocycles. The third-order valence-electron chi connectivity index (χ3n) is 4.91. The smallest absolute Gasteiger partial charge is 0.321 e. The van der Waals surface area contributed by atoms with Crippen molar-refractivity contribution in [2.45, 2.75) is 6.92 Å². The van der Waals surface area contributed by atoms with Crippen molar-refractivity contribution in [2.75, 3.05) is 16.1 Å². The molecular formula is C24H17BrCl2N4O3. The van der Waals surface area contributed by atoms with Crippen molar-refractivity contribution in [1.82, 2.24) is 4.68 Å². The predicted octanol–water partition coefficient (Wildman–Crippen LogP) is 5.98. The van der Waals surface area contributed by atoms with Gasteiger partial charge in [0.25, 0.3) is 5.91 Å². The highest BCUT2D eigenvalue weighted by Crippen LogP contribution is 2.25. The second-order valence-electron chi connectivity index (χ2n) is 7.39. The fourth-order valence-corrected chi connectivity index (χ4v) is 3.92. The number of nitrogens with one attached hydrogen (secondary N) is 3. The average molecular weight is 560 g/mol. The molecular weight excluding hydrogens is 543 g/mol. The third kappa shape index (κ3) is 5.25. The predicted molar refractivity (Wildman–Crippen MR) is 138 cm³/mol. The van der Waals surface area contributed by atoms with Crippen molar-refractivity contribution in [3.8, 4) is 0 Å². The lowest BCUT2D eigenvalue weighted by Crippen LogP contribution is -2.36.